The van der Waals surface area contributed by atoms with Crippen LogP contribution in [0.1, 0.15) is 30.5 Å². The van der Waals surface area contributed by atoms with Crippen molar-refractivity contribution in [3.63, 3.8) is 0 Å². The molecule has 0 amide bonds. The number of rotatable bonds is 4. The number of amidine groups is 1. The number of nitrogens with zero attached hydrogens (tertiary/aromatic N) is 2. The zero-order valence-corrected chi connectivity index (χ0v) is 15.6. The molecule has 0 radical (unpaired) electrons. The van der Waals surface area contributed by atoms with Gasteiger partial charge in [0.05, 0.1) is 28.8 Å². The predicted octanol–water partition coefficient (Wildman–Crippen LogP) is 3.64. The SMILES string of the molecule is CCC1=NCC(c2cn(S(=O)(=O)c3ccc(C)cc3)c3ccccc23)N1. The number of aliphatic imine (C=N–C) groups is 1. The molecule has 0 fully saturated rings. The van der Waals surface area contributed by atoms with E-state index in [-0.39, 0.29) is 6.04 Å². The third-order valence-electron chi connectivity index (χ3n) is 4.80. The van der Waals surface area contributed by atoms with E-state index >= 15 is 0 Å². The van der Waals surface area contributed by atoms with Gasteiger partial charge in [-0.1, -0.05) is 42.8 Å². The van der Waals surface area contributed by atoms with Crippen molar-refractivity contribution < 1.29 is 8.42 Å². The number of benzene rings is 2. The fourth-order valence-electron chi connectivity index (χ4n) is 3.36. The lowest BCUT2D eigenvalue weighted by molar-refractivity contribution is 0.588. The zero-order chi connectivity index (χ0) is 18.3. The van der Waals surface area contributed by atoms with Gasteiger partial charge in [-0.3, -0.25) is 4.99 Å². The molecule has 1 aliphatic heterocycles. The second kappa shape index (κ2) is 6.29. The lowest BCUT2D eigenvalue weighted by Crippen LogP contribution is -2.22. The molecule has 6 heteroatoms. The van der Waals surface area contributed by atoms with E-state index in [0.717, 1.165) is 28.8 Å². The van der Waals surface area contributed by atoms with Gasteiger partial charge < -0.3 is 5.32 Å². The van der Waals surface area contributed by atoms with Crippen molar-refractivity contribution in [1.82, 2.24) is 9.29 Å². The molecular formula is C20H21N3O2S. The molecule has 0 spiro atoms. The first-order valence-electron chi connectivity index (χ1n) is 8.73. The molecule has 1 aromatic heterocycles. The Kier molecular flexibility index (Phi) is 4.07. The van der Waals surface area contributed by atoms with Gasteiger partial charge in [-0.2, -0.15) is 0 Å². The summed E-state index contributed by atoms with van der Waals surface area (Å²) >= 11 is 0. The largest absolute Gasteiger partial charge is 0.365 e. The molecule has 0 saturated carbocycles. The standard InChI is InChI=1S/C20H21N3O2S/c1-3-20-21-12-18(22-20)17-13-23(19-7-5-4-6-16(17)19)26(24,25)15-10-8-14(2)9-11-15/h4-11,13,18H,3,12H2,1-2H3,(H,21,22). The maximum absolute atomic E-state index is 13.2. The minimum absolute atomic E-state index is 0.00400. The number of para-hydroxylation sites is 1. The van der Waals surface area contributed by atoms with Crippen LogP contribution in [0.25, 0.3) is 10.9 Å². The lowest BCUT2D eigenvalue weighted by Gasteiger charge is -2.10. The molecule has 1 unspecified atom stereocenters. The highest BCUT2D eigenvalue weighted by Crippen LogP contribution is 2.31. The average molecular weight is 367 g/mol. The Bertz CT molecular complexity index is 1100. The predicted molar refractivity (Wildman–Crippen MR) is 104 cm³/mol. The Morgan fingerprint density at radius 2 is 1.88 bits per heavy atom. The summed E-state index contributed by atoms with van der Waals surface area (Å²) in [7, 11) is -3.66. The van der Waals surface area contributed by atoms with Gasteiger partial charge in [0.1, 0.15) is 0 Å². The Morgan fingerprint density at radius 3 is 2.58 bits per heavy atom. The van der Waals surface area contributed by atoms with Crippen LogP contribution < -0.4 is 5.32 Å². The first kappa shape index (κ1) is 16.8. The molecule has 1 N–H and O–H groups in total. The number of aromatic nitrogens is 1. The molecule has 3 aromatic rings. The van der Waals surface area contributed by atoms with Gasteiger partial charge in [0.2, 0.25) is 0 Å². The fraction of sp³-hybridized carbons (Fsp3) is 0.250. The Morgan fingerprint density at radius 1 is 1.15 bits per heavy atom. The van der Waals surface area contributed by atoms with E-state index in [0.29, 0.717) is 17.0 Å². The molecule has 2 heterocycles. The van der Waals surface area contributed by atoms with Gasteiger partial charge in [0.15, 0.2) is 0 Å². The zero-order valence-electron chi connectivity index (χ0n) is 14.8. The molecule has 1 aliphatic rings. The molecule has 1 atom stereocenters. The molecule has 0 bridgehead atoms. The van der Waals surface area contributed by atoms with Crippen LogP contribution in [-0.4, -0.2) is 24.8 Å². The van der Waals surface area contributed by atoms with E-state index in [4.69, 9.17) is 0 Å². The van der Waals surface area contributed by atoms with E-state index in [1.165, 1.54) is 3.97 Å². The van der Waals surface area contributed by atoms with Crippen LogP contribution in [0, 0.1) is 6.92 Å². The Hall–Kier alpha value is -2.60. The summed E-state index contributed by atoms with van der Waals surface area (Å²) in [6.07, 6.45) is 2.59. The van der Waals surface area contributed by atoms with Crippen LogP contribution in [0.3, 0.4) is 0 Å². The fourth-order valence-corrected chi connectivity index (χ4v) is 4.74. The topological polar surface area (TPSA) is 63.5 Å². The molecule has 4 rings (SSSR count). The van der Waals surface area contributed by atoms with Crippen LogP contribution >= 0.6 is 0 Å². The monoisotopic (exact) mass is 367 g/mol. The maximum atomic E-state index is 13.2. The number of hydrogen-bond acceptors (Lipinski definition) is 4. The summed E-state index contributed by atoms with van der Waals surface area (Å²) in [5, 5.41) is 4.34. The van der Waals surface area contributed by atoms with E-state index in [2.05, 4.69) is 17.2 Å². The minimum atomic E-state index is -3.66. The molecule has 2 aromatic carbocycles. The van der Waals surface area contributed by atoms with Crippen molar-refractivity contribution >= 4 is 26.8 Å². The highest BCUT2D eigenvalue weighted by molar-refractivity contribution is 7.90. The molecular weight excluding hydrogens is 346 g/mol. The van der Waals surface area contributed by atoms with Crippen LogP contribution in [0.5, 0.6) is 0 Å². The van der Waals surface area contributed by atoms with Crippen molar-refractivity contribution in [2.45, 2.75) is 31.2 Å². The molecule has 0 aliphatic carbocycles. The van der Waals surface area contributed by atoms with Gasteiger partial charge in [-0.15, -0.1) is 0 Å². The van der Waals surface area contributed by atoms with Crippen molar-refractivity contribution in [2.24, 2.45) is 4.99 Å². The summed E-state index contributed by atoms with van der Waals surface area (Å²) in [5.74, 6) is 0.966. The number of nitrogens with one attached hydrogen (secondary N) is 1. The van der Waals surface area contributed by atoms with Gasteiger partial charge in [-0.25, -0.2) is 12.4 Å². The van der Waals surface area contributed by atoms with E-state index in [1.807, 2.05) is 43.3 Å². The summed E-state index contributed by atoms with van der Waals surface area (Å²) in [6, 6.07) is 14.6. The van der Waals surface area contributed by atoms with Gasteiger partial charge >= 0.3 is 0 Å². The first-order valence-corrected chi connectivity index (χ1v) is 10.2. The van der Waals surface area contributed by atoms with Crippen LogP contribution in [0.15, 0.2) is 64.6 Å². The summed E-state index contributed by atoms with van der Waals surface area (Å²) in [6.45, 7) is 4.62. The highest BCUT2D eigenvalue weighted by Gasteiger charge is 2.26. The summed E-state index contributed by atoms with van der Waals surface area (Å²) in [4.78, 5) is 4.80. The molecule has 134 valence electrons. The third kappa shape index (κ3) is 2.70. The summed E-state index contributed by atoms with van der Waals surface area (Å²) < 4.78 is 27.8. The Balaban J connectivity index is 1.85. The molecule has 0 saturated heterocycles. The molecule has 5 nitrogen and oxygen atoms in total. The Labute approximate surface area is 153 Å². The third-order valence-corrected chi connectivity index (χ3v) is 6.49. The van der Waals surface area contributed by atoms with Crippen LogP contribution in [0.4, 0.5) is 0 Å². The van der Waals surface area contributed by atoms with Crippen LogP contribution in [0.2, 0.25) is 0 Å². The second-order valence-corrected chi connectivity index (χ2v) is 8.37. The smallest absolute Gasteiger partial charge is 0.268 e. The van der Waals surface area contributed by atoms with Gasteiger partial charge in [0, 0.05) is 23.6 Å². The first-order chi connectivity index (χ1) is 12.5. The maximum Gasteiger partial charge on any atom is 0.268 e. The number of hydrogen-bond donors (Lipinski definition) is 1. The number of aryl methyl sites for hydroxylation is 1. The lowest BCUT2D eigenvalue weighted by atomic mass is 10.1. The van der Waals surface area contributed by atoms with Crippen LogP contribution in [-0.2, 0) is 10.0 Å². The van der Waals surface area contributed by atoms with E-state index in [9.17, 15) is 8.42 Å². The average Bonchev–Trinajstić information content (AvgIpc) is 3.26. The molecule has 26 heavy (non-hydrogen) atoms. The quantitative estimate of drug-likeness (QED) is 0.766. The number of fused-ring (bicyclic) bond motifs is 1. The minimum Gasteiger partial charge on any atom is -0.365 e. The van der Waals surface area contributed by atoms with E-state index < -0.39 is 10.0 Å². The highest BCUT2D eigenvalue weighted by atomic mass is 32.2. The normalized spacial score (nSPS) is 17.3. The van der Waals surface area contributed by atoms with Crippen molar-refractivity contribution in [1.29, 1.82) is 0 Å². The van der Waals surface area contributed by atoms with Gasteiger partial charge in [-0.05, 0) is 25.1 Å². The summed E-state index contributed by atoms with van der Waals surface area (Å²) in [5.41, 5.74) is 2.68. The van der Waals surface area contributed by atoms with Gasteiger partial charge in [0.25, 0.3) is 10.0 Å². The second-order valence-electron chi connectivity index (χ2n) is 6.55. The van der Waals surface area contributed by atoms with Crippen molar-refractivity contribution in [2.75, 3.05) is 6.54 Å². The van der Waals surface area contributed by atoms with Crippen molar-refractivity contribution in [3.8, 4) is 0 Å². The van der Waals surface area contributed by atoms with E-state index in [1.54, 1.807) is 18.3 Å². The van der Waals surface area contributed by atoms with Crippen molar-refractivity contribution in [3.05, 3.63) is 65.9 Å².